The number of thiophene rings is 1. The zero-order chi connectivity index (χ0) is 25.7. The highest BCUT2D eigenvalue weighted by molar-refractivity contribution is 7.98. The van der Waals surface area contributed by atoms with Crippen molar-refractivity contribution >= 4 is 44.9 Å². The molecule has 2 rings (SSSR count). The maximum absolute atomic E-state index is 13.1. The summed E-state index contributed by atoms with van der Waals surface area (Å²) >= 11 is 2.26. The van der Waals surface area contributed by atoms with Gasteiger partial charge in [0.2, 0.25) is 10.0 Å². The molecule has 0 bridgehead atoms. The number of rotatable bonds is 8. The van der Waals surface area contributed by atoms with Crippen molar-refractivity contribution in [2.75, 3.05) is 12.0 Å². The Labute approximate surface area is 198 Å². The smallest absolute Gasteiger partial charge is 0.271 e. The van der Waals surface area contributed by atoms with Gasteiger partial charge in [0.25, 0.3) is 11.8 Å². The molecular weight excluding hydrogens is 532 g/mol. The number of amides is 2. The monoisotopic (exact) mass is 549 g/mol. The third-order valence-corrected chi connectivity index (χ3v) is 7.10. The summed E-state index contributed by atoms with van der Waals surface area (Å²) in [6.07, 6.45) is -9.06. The maximum Gasteiger partial charge on any atom is 0.416 e. The molecule has 0 aliphatic heterocycles. The summed E-state index contributed by atoms with van der Waals surface area (Å²) in [6.45, 7) is 0. The van der Waals surface area contributed by atoms with Crippen molar-refractivity contribution in [3.8, 4) is 0 Å². The fourth-order valence-electron chi connectivity index (χ4n) is 2.49. The number of carbonyl (C=O) groups is 2. The first-order valence-corrected chi connectivity index (χ1v) is 12.9. The summed E-state index contributed by atoms with van der Waals surface area (Å²) in [7, 11) is -5.01. The van der Waals surface area contributed by atoms with E-state index in [2.05, 4.69) is 5.43 Å². The van der Waals surface area contributed by atoms with Crippen molar-refractivity contribution in [2.45, 2.75) is 29.7 Å². The van der Waals surface area contributed by atoms with E-state index in [1.807, 2.05) is 10.1 Å². The summed E-state index contributed by atoms with van der Waals surface area (Å²) in [6, 6.07) is 1.29. The average molecular weight is 550 g/mol. The predicted molar refractivity (Wildman–Crippen MR) is 113 cm³/mol. The molecule has 0 saturated carbocycles. The SMILES string of the molecule is CSCCC(NS(=O)(=O)c1cc(C(F)(F)F)cc(C(F)(F)F)c1)C(=O)NNC(=O)c1cccs1. The Hall–Kier alpha value is -2.30. The van der Waals surface area contributed by atoms with Gasteiger partial charge in [0.15, 0.2) is 0 Å². The summed E-state index contributed by atoms with van der Waals surface area (Å²) < 4.78 is 106. The van der Waals surface area contributed by atoms with Gasteiger partial charge in [0.1, 0.15) is 6.04 Å². The predicted octanol–water partition coefficient (Wildman–Crippen LogP) is 3.65. The Morgan fingerprint density at radius 2 is 1.62 bits per heavy atom. The van der Waals surface area contributed by atoms with Crippen LogP contribution in [0.15, 0.2) is 40.6 Å². The lowest BCUT2D eigenvalue weighted by molar-refractivity contribution is -0.143. The fourth-order valence-corrected chi connectivity index (χ4v) is 4.88. The molecule has 3 N–H and O–H groups in total. The lowest BCUT2D eigenvalue weighted by Gasteiger charge is -2.20. The minimum absolute atomic E-state index is 0.0413. The van der Waals surface area contributed by atoms with E-state index < -0.39 is 56.3 Å². The molecule has 188 valence electrons. The summed E-state index contributed by atoms with van der Waals surface area (Å²) in [4.78, 5) is 23.3. The Kier molecular flexibility index (Phi) is 9.01. The van der Waals surface area contributed by atoms with Gasteiger partial charge < -0.3 is 0 Å². The molecule has 16 heteroatoms. The molecule has 1 atom stereocenters. The number of hydrogen-bond acceptors (Lipinski definition) is 6. The van der Waals surface area contributed by atoms with Crippen molar-refractivity contribution < 1.29 is 44.3 Å². The van der Waals surface area contributed by atoms with Crippen molar-refractivity contribution in [3.63, 3.8) is 0 Å². The van der Waals surface area contributed by atoms with Gasteiger partial charge in [-0.1, -0.05) is 6.07 Å². The highest BCUT2D eigenvalue weighted by Gasteiger charge is 2.39. The van der Waals surface area contributed by atoms with Gasteiger partial charge in [-0.05, 0) is 48.1 Å². The van der Waals surface area contributed by atoms with Crippen LogP contribution in [0, 0.1) is 0 Å². The van der Waals surface area contributed by atoms with Crippen LogP contribution in [0.1, 0.15) is 27.2 Å². The van der Waals surface area contributed by atoms with Crippen LogP contribution >= 0.6 is 23.1 Å². The summed E-state index contributed by atoms with van der Waals surface area (Å²) in [5.41, 5.74) is 0.409. The van der Waals surface area contributed by atoms with E-state index in [4.69, 9.17) is 0 Å². The highest BCUT2D eigenvalue weighted by Crippen LogP contribution is 2.37. The van der Waals surface area contributed by atoms with Crippen LogP contribution in [0.5, 0.6) is 0 Å². The van der Waals surface area contributed by atoms with Gasteiger partial charge in [0.05, 0.1) is 20.9 Å². The number of sulfonamides is 1. The molecule has 1 aromatic carbocycles. The first-order valence-electron chi connectivity index (χ1n) is 9.09. The average Bonchev–Trinajstić information content (AvgIpc) is 3.28. The molecule has 34 heavy (non-hydrogen) atoms. The highest BCUT2D eigenvalue weighted by atomic mass is 32.2. The van der Waals surface area contributed by atoms with E-state index in [0.29, 0.717) is 0 Å². The number of halogens is 6. The second-order valence-corrected chi connectivity index (χ2v) is 10.3. The second kappa shape index (κ2) is 11.0. The number of hydrogen-bond donors (Lipinski definition) is 3. The number of hydrazine groups is 1. The van der Waals surface area contributed by atoms with Crippen LogP contribution in [-0.4, -0.2) is 38.3 Å². The van der Waals surface area contributed by atoms with Gasteiger partial charge in [0, 0.05) is 0 Å². The van der Waals surface area contributed by atoms with Gasteiger partial charge in [-0.2, -0.15) is 42.8 Å². The van der Waals surface area contributed by atoms with Crippen LogP contribution in [0.3, 0.4) is 0 Å². The number of alkyl halides is 6. The molecule has 2 amide bonds. The first-order chi connectivity index (χ1) is 15.6. The molecular formula is C18H17F6N3O4S3. The van der Waals surface area contributed by atoms with Crippen LogP contribution in [0.25, 0.3) is 0 Å². The first kappa shape index (κ1) is 27.9. The minimum Gasteiger partial charge on any atom is -0.271 e. The number of carbonyl (C=O) groups excluding carboxylic acids is 2. The lowest BCUT2D eigenvalue weighted by Crippen LogP contribution is -2.52. The lowest BCUT2D eigenvalue weighted by atomic mass is 10.1. The zero-order valence-electron chi connectivity index (χ0n) is 17.1. The summed E-state index contributed by atoms with van der Waals surface area (Å²) in [5, 5.41) is 1.59. The van der Waals surface area contributed by atoms with Crippen molar-refractivity contribution in [3.05, 3.63) is 51.7 Å². The quantitative estimate of drug-likeness (QED) is 0.345. The van der Waals surface area contributed by atoms with Gasteiger partial charge in [-0.15, -0.1) is 11.3 Å². The van der Waals surface area contributed by atoms with Crippen LogP contribution in [0.4, 0.5) is 26.3 Å². The molecule has 0 saturated heterocycles. The molecule has 0 spiro atoms. The van der Waals surface area contributed by atoms with E-state index >= 15 is 0 Å². The Morgan fingerprint density at radius 3 is 2.09 bits per heavy atom. The molecule has 0 aliphatic carbocycles. The number of thioether (sulfide) groups is 1. The van der Waals surface area contributed by atoms with E-state index in [9.17, 15) is 44.3 Å². The third-order valence-electron chi connectivity index (χ3n) is 4.14. The molecule has 7 nitrogen and oxygen atoms in total. The largest absolute Gasteiger partial charge is 0.416 e. The molecule has 2 aromatic rings. The van der Waals surface area contributed by atoms with Crippen LogP contribution < -0.4 is 15.6 Å². The maximum atomic E-state index is 13.1. The fraction of sp³-hybridized carbons (Fsp3) is 0.333. The van der Waals surface area contributed by atoms with Crippen molar-refractivity contribution in [1.82, 2.24) is 15.6 Å². The number of nitrogens with one attached hydrogen (secondary N) is 3. The van der Waals surface area contributed by atoms with Gasteiger partial charge >= 0.3 is 12.4 Å². The molecule has 0 aliphatic rings. The van der Waals surface area contributed by atoms with Crippen molar-refractivity contribution in [2.24, 2.45) is 0 Å². The van der Waals surface area contributed by atoms with Gasteiger partial charge in [-0.3, -0.25) is 20.4 Å². The Morgan fingerprint density at radius 1 is 1.03 bits per heavy atom. The normalized spacial score (nSPS) is 13.4. The summed E-state index contributed by atoms with van der Waals surface area (Å²) in [5.74, 6) is -1.57. The minimum atomic E-state index is -5.26. The molecule has 1 heterocycles. The third kappa shape index (κ3) is 7.61. The van der Waals surface area contributed by atoms with Crippen LogP contribution in [0.2, 0.25) is 0 Å². The van der Waals surface area contributed by atoms with E-state index in [0.717, 1.165) is 11.3 Å². The zero-order valence-corrected chi connectivity index (χ0v) is 19.5. The Balaban J connectivity index is 2.31. The topological polar surface area (TPSA) is 104 Å². The van der Waals surface area contributed by atoms with Crippen molar-refractivity contribution in [1.29, 1.82) is 0 Å². The van der Waals surface area contributed by atoms with E-state index in [-0.39, 0.29) is 35.2 Å². The number of benzene rings is 1. The van der Waals surface area contributed by atoms with Crippen LogP contribution in [-0.2, 0) is 27.2 Å². The molecule has 1 aromatic heterocycles. The molecule has 0 radical (unpaired) electrons. The standard InChI is InChI=1S/C18H17F6N3O4S3/c1-32-6-4-13(15(28)25-26-16(29)14-3-2-5-33-14)27-34(30,31)12-8-10(17(19,20)21)7-11(9-12)18(22,23)24/h2-3,5,7-9,13,27H,4,6H2,1H3,(H,25,28)(H,26,29). The second-order valence-electron chi connectivity index (χ2n) is 6.62. The molecule has 1 unspecified atom stereocenters. The van der Waals surface area contributed by atoms with Gasteiger partial charge in [-0.25, -0.2) is 8.42 Å². The van der Waals surface area contributed by atoms with E-state index in [1.54, 1.807) is 17.7 Å². The Bertz CT molecular complexity index is 1090. The van der Waals surface area contributed by atoms with E-state index in [1.165, 1.54) is 17.8 Å². The molecule has 0 fully saturated rings.